The third kappa shape index (κ3) is 3.98. The highest BCUT2D eigenvalue weighted by Crippen LogP contribution is 2.15. The van der Waals surface area contributed by atoms with Crippen LogP contribution >= 0.6 is 0 Å². The van der Waals surface area contributed by atoms with Gasteiger partial charge in [-0.2, -0.15) is 5.10 Å². The molecule has 20 heavy (non-hydrogen) atoms. The maximum atomic E-state index is 11.5. The van der Waals surface area contributed by atoms with Crippen molar-refractivity contribution in [3.63, 3.8) is 0 Å². The minimum Gasteiger partial charge on any atom is -0.483 e. The number of carbonyl (C=O) groups is 1. The van der Waals surface area contributed by atoms with Gasteiger partial charge in [-0.15, -0.1) is 0 Å². The molecule has 5 heteroatoms. The second-order valence-corrected chi connectivity index (χ2v) is 4.30. The fourth-order valence-electron chi connectivity index (χ4n) is 1.58. The summed E-state index contributed by atoms with van der Waals surface area (Å²) in [6, 6.07) is 11.1. The predicted octanol–water partition coefficient (Wildman–Crippen LogP) is 2.43. The Balaban J connectivity index is 1.78. The van der Waals surface area contributed by atoms with Crippen LogP contribution in [-0.4, -0.2) is 18.7 Å². The Hall–Kier alpha value is -2.56. The minimum absolute atomic E-state index is 0.0840. The molecule has 0 radical (unpaired) electrons. The highest BCUT2D eigenvalue weighted by molar-refractivity contribution is 5.81. The SMILES string of the molecule is Cc1ccc(/C=N/NC(=O)COc2ccccc2C)o1. The number of benzene rings is 1. The Labute approximate surface area is 117 Å². The molecule has 0 saturated carbocycles. The molecule has 0 unspecified atom stereocenters. The van der Waals surface area contributed by atoms with Gasteiger partial charge in [0.25, 0.3) is 5.91 Å². The lowest BCUT2D eigenvalue weighted by atomic mass is 10.2. The van der Waals surface area contributed by atoms with Gasteiger partial charge < -0.3 is 9.15 Å². The standard InChI is InChI=1S/C15H16N2O3/c1-11-5-3-4-6-14(11)19-10-15(18)17-16-9-13-8-7-12(2)20-13/h3-9H,10H2,1-2H3,(H,17,18)/b16-9+. The van der Waals surface area contributed by atoms with Crippen molar-refractivity contribution in [1.29, 1.82) is 0 Å². The zero-order valence-corrected chi connectivity index (χ0v) is 11.4. The molecule has 104 valence electrons. The first kappa shape index (κ1) is 13.9. The summed E-state index contributed by atoms with van der Waals surface area (Å²) in [7, 11) is 0. The number of ether oxygens (including phenoxy) is 1. The second-order valence-electron chi connectivity index (χ2n) is 4.30. The second kappa shape index (κ2) is 6.56. The van der Waals surface area contributed by atoms with E-state index in [4.69, 9.17) is 9.15 Å². The number of hydrazone groups is 1. The summed E-state index contributed by atoms with van der Waals surface area (Å²) in [5.41, 5.74) is 3.36. The molecule has 1 aromatic carbocycles. The average Bonchev–Trinajstić information content (AvgIpc) is 2.83. The molecule has 2 rings (SSSR count). The number of hydrogen-bond acceptors (Lipinski definition) is 4. The molecule has 5 nitrogen and oxygen atoms in total. The molecule has 2 aromatic rings. The summed E-state index contributed by atoms with van der Waals surface area (Å²) < 4.78 is 10.7. The van der Waals surface area contributed by atoms with Gasteiger partial charge in [-0.05, 0) is 37.6 Å². The molecule has 0 bridgehead atoms. The Bertz CT molecular complexity index is 617. The topological polar surface area (TPSA) is 63.8 Å². The van der Waals surface area contributed by atoms with Crippen LogP contribution in [0.2, 0.25) is 0 Å². The Morgan fingerprint density at radius 1 is 1.30 bits per heavy atom. The van der Waals surface area contributed by atoms with Crippen LogP contribution in [0.25, 0.3) is 0 Å². The van der Waals surface area contributed by atoms with E-state index in [1.165, 1.54) is 6.21 Å². The number of aryl methyl sites for hydroxylation is 2. The first-order chi connectivity index (χ1) is 9.65. The quantitative estimate of drug-likeness (QED) is 0.671. The smallest absolute Gasteiger partial charge is 0.277 e. The summed E-state index contributed by atoms with van der Waals surface area (Å²) in [5, 5.41) is 3.79. The Morgan fingerprint density at radius 3 is 2.80 bits per heavy atom. The van der Waals surface area contributed by atoms with Gasteiger partial charge in [-0.25, -0.2) is 5.43 Å². The first-order valence-electron chi connectivity index (χ1n) is 6.22. The zero-order valence-electron chi connectivity index (χ0n) is 11.4. The van der Waals surface area contributed by atoms with Crippen LogP contribution in [0.5, 0.6) is 5.75 Å². The van der Waals surface area contributed by atoms with E-state index in [1.807, 2.05) is 44.2 Å². The molecule has 1 N–H and O–H groups in total. The minimum atomic E-state index is -0.326. The van der Waals surface area contributed by atoms with Gasteiger partial charge in [0.05, 0.1) is 6.21 Å². The maximum absolute atomic E-state index is 11.5. The van der Waals surface area contributed by atoms with Crippen LogP contribution in [-0.2, 0) is 4.79 Å². The molecule has 1 aromatic heterocycles. The van der Waals surface area contributed by atoms with Crippen LogP contribution in [0.3, 0.4) is 0 Å². The summed E-state index contributed by atoms with van der Waals surface area (Å²) >= 11 is 0. The van der Waals surface area contributed by atoms with Gasteiger partial charge in [-0.3, -0.25) is 4.79 Å². The van der Waals surface area contributed by atoms with E-state index in [0.29, 0.717) is 11.5 Å². The van der Waals surface area contributed by atoms with Gasteiger partial charge in [-0.1, -0.05) is 18.2 Å². The van der Waals surface area contributed by atoms with Gasteiger partial charge >= 0.3 is 0 Å². The molecule has 0 fully saturated rings. The summed E-state index contributed by atoms with van der Waals surface area (Å²) in [5.74, 6) is 1.74. The fraction of sp³-hybridized carbons (Fsp3) is 0.200. The summed E-state index contributed by atoms with van der Waals surface area (Å²) in [6.45, 7) is 3.68. The number of amides is 1. The monoisotopic (exact) mass is 272 g/mol. The molecule has 1 heterocycles. The summed E-state index contributed by atoms with van der Waals surface area (Å²) in [6.07, 6.45) is 1.44. The van der Waals surface area contributed by atoms with Crippen molar-refractivity contribution in [2.75, 3.05) is 6.61 Å². The van der Waals surface area contributed by atoms with E-state index in [2.05, 4.69) is 10.5 Å². The van der Waals surface area contributed by atoms with Crippen molar-refractivity contribution in [2.24, 2.45) is 5.10 Å². The van der Waals surface area contributed by atoms with E-state index in [9.17, 15) is 4.79 Å². The maximum Gasteiger partial charge on any atom is 0.277 e. The molecule has 0 aliphatic carbocycles. The largest absolute Gasteiger partial charge is 0.483 e. The van der Waals surface area contributed by atoms with Crippen LogP contribution in [0.1, 0.15) is 17.1 Å². The molecule has 0 atom stereocenters. The number of furan rings is 1. The highest BCUT2D eigenvalue weighted by Gasteiger charge is 2.03. The molecule has 1 amide bonds. The predicted molar refractivity (Wildman–Crippen MR) is 75.9 cm³/mol. The summed E-state index contributed by atoms with van der Waals surface area (Å²) in [4.78, 5) is 11.5. The molecule has 0 aliphatic heterocycles. The van der Waals surface area contributed by atoms with E-state index in [-0.39, 0.29) is 12.5 Å². The Morgan fingerprint density at radius 2 is 2.10 bits per heavy atom. The van der Waals surface area contributed by atoms with Gasteiger partial charge in [0.15, 0.2) is 6.61 Å². The molecule has 0 saturated heterocycles. The number of carbonyl (C=O) groups excluding carboxylic acids is 1. The van der Waals surface area contributed by atoms with Gasteiger partial charge in [0.1, 0.15) is 17.3 Å². The zero-order chi connectivity index (χ0) is 14.4. The van der Waals surface area contributed by atoms with Crippen molar-refractivity contribution in [1.82, 2.24) is 5.43 Å². The lowest BCUT2D eigenvalue weighted by molar-refractivity contribution is -0.123. The van der Waals surface area contributed by atoms with Crippen molar-refractivity contribution in [3.05, 3.63) is 53.5 Å². The van der Waals surface area contributed by atoms with Crippen LogP contribution < -0.4 is 10.2 Å². The third-order valence-electron chi connectivity index (χ3n) is 2.59. The lowest BCUT2D eigenvalue weighted by Gasteiger charge is -2.07. The van der Waals surface area contributed by atoms with Crippen LogP contribution in [0.15, 0.2) is 45.9 Å². The van der Waals surface area contributed by atoms with Crippen molar-refractivity contribution >= 4 is 12.1 Å². The van der Waals surface area contributed by atoms with E-state index in [0.717, 1.165) is 11.3 Å². The first-order valence-corrected chi connectivity index (χ1v) is 6.22. The number of nitrogens with one attached hydrogen (secondary N) is 1. The van der Waals surface area contributed by atoms with Crippen molar-refractivity contribution in [2.45, 2.75) is 13.8 Å². The third-order valence-corrected chi connectivity index (χ3v) is 2.59. The van der Waals surface area contributed by atoms with Crippen molar-refractivity contribution < 1.29 is 13.9 Å². The number of para-hydroxylation sites is 1. The average molecular weight is 272 g/mol. The normalized spacial score (nSPS) is 10.7. The number of hydrogen-bond donors (Lipinski definition) is 1. The van der Waals surface area contributed by atoms with Gasteiger partial charge in [0.2, 0.25) is 0 Å². The van der Waals surface area contributed by atoms with E-state index in [1.54, 1.807) is 6.07 Å². The highest BCUT2D eigenvalue weighted by atomic mass is 16.5. The fourth-order valence-corrected chi connectivity index (χ4v) is 1.58. The Kier molecular flexibility index (Phi) is 4.55. The van der Waals surface area contributed by atoms with E-state index >= 15 is 0 Å². The number of nitrogens with zero attached hydrogens (tertiary/aromatic N) is 1. The van der Waals surface area contributed by atoms with Crippen molar-refractivity contribution in [3.8, 4) is 5.75 Å². The van der Waals surface area contributed by atoms with Crippen LogP contribution in [0, 0.1) is 13.8 Å². The molecule has 0 spiro atoms. The van der Waals surface area contributed by atoms with Crippen LogP contribution in [0.4, 0.5) is 0 Å². The lowest BCUT2D eigenvalue weighted by Crippen LogP contribution is -2.24. The molecule has 0 aliphatic rings. The molecular formula is C15H16N2O3. The van der Waals surface area contributed by atoms with E-state index < -0.39 is 0 Å². The molecular weight excluding hydrogens is 256 g/mol. The number of rotatable bonds is 5. The van der Waals surface area contributed by atoms with Gasteiger partial charge in [0, 0.05) is 0 Å².